The van der Waals surface area contributed by atoms with Gasteiger partial charge in [0, 0.05) is 19.6 Å². The van der Waals surface area contributed by atoms with Gasteiger partial charge in [0.15, 0.2) is 0 Å². The van der Waals surface area contributed by atoms with Gasteiger partial charge in [0.05, 0.1) is 5.69 Å². The van der Waals surface area contributed by atoms with Crippen LogP contribution in [0.15, 0.2) is 24.3 Å². The van der Waals surface area contributed by atoms with Gasteiger partial charge in [-0.15, -0.1) is 0 Å². The van der Waals surface area contributed by atoms with Crippen LogP contribution in [0.2, 0.25) is 0 Å². The molecule has 20 heavy (non-hydrogen) atoms. The number of halogens is 1. The molecule has 1 aromatic carbocycles. The highest BCUT2D eigenvalue weighted by molar-refractivity contribution is 5.46. The molecule has 0 aliphatic heterocycles. The molecule has 2 unspecified atom stereocenters. The molecule has 1 N–H and O–H groups in total. The number of para-hydroxylation sites is 1. The molecule has 1 saturated carbocycles. The number of hydrogen-bond donors (Lipinski definition) is 1. The lowest BCUT2D eigenvalue weighted by Crippen LogP contribution is -2.46. The average Bonchev–Trinajstić information content (AvgIpc) is 2.38. The summed E-state index contributed by atoms with van der Waals surface area (Å²) in [4.78, 5) is 2.06. The van der Waals surface area contributed by atoms with Crippen LogP contribution in [-0.4, -0.2) is 26.7 Å². The van der Waals surface area contributed by atoms with E-state index in [0.717, 1.165) is 6.54 Å². The third-order valence-electron chi connectivity index (χ3n) is 4.66. The Morgan fingerprint density at radius 1 is 1.35 bits per heavy atom. The molecule has 1 aliphatic carbocycles. The predicted molar refractivity (Wildman–Crippen MR) is 83.6 cm³/mol. The fraction of sp³-hybridized carbons (Fsp3) is 0.647. The molecule has 0 saturated heterocycles. The number of anilines is 1. The van der Waals surface area contributed by atoms with E-state index in [9.17, 15) is 4.39 Å². The van der Waals surface area contributed by atoms with Crippen LogP contribution in [0.3, 0.4) is 0 Å². The number of rotatable bonds is 4. The summed E-state index contributed by atoms with van der Waals surface area (Å²) in [6, 6.07) is 7.57. The topological polar surface area (TPSA) is 15.3 Å². The SMILES string of the molecule is CNC1CCC(C)(C)CC1CN(C)c1ccccc1F. The maximum atomic E-state index is 13.9. The Kier molecular flexibility index (Phi) is 4.69. The van der Waals surface area contributed by atoms with Gasteiger partial charge in [0.2, 0.25) is 0 Å². The first-order valence-electron chi connectivity index (χ1n) is 7.56. The molecular formula is C17H27FN2. The lowest BCUT2D eigenvalue weighted by atomic mass is 9.69. The molecule has 2 rings (SSSR count). The zero-order valence-electron chi connectivity index (χ0n) is 13.1. The Morgan fingerprint density at radius 3 is 2.70 bits per heavy atom. The quantitative estimate of drug-likeness (QED) is 0.904. The van der Waals surface area contributed by atoms with Crippen LogP contribution in [0.4, 0.5) is 10.1 Å². The van der Waals surface area contributed by atoms with Crippen LogP contribution in [-0.2, 0) is 0 Å². The molecule has 1 fully saturated rings. The summed E-state index contributed by atoms with van der Waals surface area (Å²) in [5.41, 5.74) is 1.10. The second-order valence-corrected chi connectivity index (χ2v) is 6.89. The smallest absolute Gasteiger partial charge is 0.146 e. The minimum Gasteiger partial charge on any atom is -0.372 e. The molecule has 0 aromatic heterocycles. The van der Waals surface area contributed by atoms with Crippen LogP contribution in [0.1, 0.15) is 33.1 Å². The molecule has 0 spiro atoms. The molecule has 1 aromatic rings. The lowest BCUT2D eigenvalue weighted by Gasteiger charge is -2.42. The summed E-state index contributed by atoms with van der Waals surface area (Å²) < 4.78 is 13.9. The van der Waals surface area contributed by atoms with Crippen molar-refractivity contribution in [1.29, 1.82) is 0 Å². The van der Waals surface area contributed by atoms with E-state index in [1.165, 1.54) is 25.3 Å². The summed E-state index contributed by atoms with van der Waals surface area (Å²) >= 11 is 0. The van der Waals surface area contributed by atoms with Gasteiger partial charge in [-0.05, 0) is 49.8 Å². The lowest BCUT2D eigenvalue weighted by molar-refractivity contribution is 0.146. The standard InChI is InChI=1S/C17H27FN2/c1-17(2)10-9-15(19-3)13(11-17)12-20(4)16-8-6-5-7-14(16)18/h5-8,13,15,19H,9-12H2,1-4H3. The summed E-state index contributed by atoms with van der Waals surface area (Å²) in [6.07, 6.45) is 3.66. The first-order chi connectivity index (χ1) is 9.43. The first kappa shape index (κ1) is 15.3. The van der Waals surface area contributed by atoms with Gasteiger partial charge in [-0.25, -0.2) is 4.39 Å². The predicted octanol–water partition coefficient (Wildman–Crippen LogP) is 3.68. The molecule has 2 atom stereocenters. The van der Waals surface area contributed by atoms with E-state index in [0.29, 0.717) is 23.1 Å². The second-order valence-electron chi connectivity index (χ2n) is 6.89. The van der Waals surface area contributed by atoms with Crippen molar-refractivity contribution in [3.8, 4) is 0 Å². The van der Waals surface area contributed by atoms with Crippen molar-refractivity contribution in [1.82, 2.24) is 5.32 Å². The van der Waals surface area contributed by atoms with Crippen molar-refractivity contribution >= 4 is 5.69 Å². The van der Waals surface area contributed by atoms with E-state index in [4.69, 9.17) is 0 Å². The highest BCUT2D eigenvalue weighted by Gasteiger charge is 2.34. The third-order valence-corrected chi connectivity index (χ3v) is 4.66. The van der Waals surface area contributed by atoms with Crippen molar-refractivity contribution in [2.75, 3.05) is 25.5 Å². The Morgan fingerprint density at radius 2 is 2.05 bits per heavy atom. The molecule has 0 radical (unpaired) electrons. The van der Waals surface area contributed by atoms with E-state index >= 15 is 0 Å². The second kappa shape index (κ2) is 6.13. The average molecular weight is 278 g/mol. The van der Waals surface area contributed by atoms with Crippen molar-refractivity contribution in [2.24, 2.45) is 11.3 Å². The van der Waals surface area contributed by atoms with Crippen LogP contribution < -0.4 is 10.2 Å². The van der Waals surface area contributed by atoms with E-state index in [1.807, 2.05) is 26.2 Å². The summed E-state index contributed by atoms with van der Waals surface area (Å²) in [7, 11) is 4.03. The Balaban J connectivity index is 2.08. The summed E-state index contributed by atoms with van der Waals surface area (Å²) in [5.74, 6) is 0.430. The number of benzene rings is 1. The number of hydrogen-bond acceptors (Lipinski definition) is 2. The van der Waals surface area contributed by atoms with E-state index in [2.05, 4.69) is 24.1 Å². The van der Waals surface area contributed by atoms with Crippen LogP contribution in [0, 0.1) is 17.2 Å². The van der Waals surface area contributed by atoms with Gasteiger partial charge in [-0.3, -0.25) is 0 Å². The zero-order chi connectivity index (χ0) is 14.8. The Labute approximate surface area is 122 Å². The van der Waals surface area contributed by atoms with Gasteiger partial charge in [0.25, 0.3) is 0 Å². The fourth-order valence-electron chi connectivity index (χ4n) is 3.52. The molecule has 0 heterocycles. The largest absolute Gasteiger partial charge is 0.372 e. The van der Waals surface area contributed by atoms with Gasteiger partial charge in [-0.2, -0.15) is 0 Å². The monoisotopic (exact) mass is 278 g/mol. The van der Waals surface area contributed by atoms with Crippen molar-refractivity contribution < 1.29 is 4.39 Å². The summed E-state index contributed by atoms with van der Waals surface area (Å²) in [5, 5.41) is 3.44. The van der Waals surface area contributed by atoms with Crippen molar-refractivity contribution in [2.45, 2.75) is 39.2 Å². The van der Waals surface area contributed by atoms with Gasteiger partial charge >= 0.3 is 0 Å². The molecule has 112 valence electrons. The van der Waals surface area contributed by atoms with Gasteiger partial charge in [0.1, 0.15) is 5.82 Å². The van der Waals surface area contributed by atoms with Crippen molar-refractivity contribution in [3.63, 3.8) is 0 Å². The third kappa shape index (κ3) is 3.51. The van der Waals surface area contributed by atoms with Crippen LogP contribution >= 0.6 is 0 Å². The van der Waals surface area contributed by atoms with Gasteiger partial charge < -0.3 is 10.2 Å². The zero-order valence-corrected chi connectivity index (χ0v) is 13.1. The summed E-state index contributed by atoms with van der Waals surface area (Å²) in [6.45, 7) is 5.58. The van der Waals surface area contributed by atoms with Crippen LogP contribution in [0.25, 0.3) is 0 Å². The van der Waals surface area contributed by atoms with Crippen LogP contribution in [0.5, 0.6) is 0 Å². The maximum Gasteiger partial charge on any atom is 0.146 e. The Hall–Kier alpha value is -1.09. The highest BCUT2D eigenvalue weighted by atomic mass is 19.1. The molecule has 2 nitrogen and oxygen atoms in total. The maximum absolute atomic E-state index is 13.9. The minimum absolute atomic E-state index is 0.133. The normalized spacial score (nSPS) is 25.4. The fourth-order valence-corrected chi connectivity index (χ4v) is 3.52. The molecule has 3 heteroatoms. The highest BCUT2D eigenvalue weighted by Crippen LogP contribution is 2.39. The number of nitrogens with zero attached hydrogens (tertiary/aromatic N) is 1. The number of nitrogens with one attached hydrogen (secondary N) is 1. The molecule has 0 amide bonds. The van der Waals surface area contributed by atoms with E-state index in [-0.39, 0.29) is 5.82 Å². The molecule has 1 aliphatic rings. The van der Waals surface area contributed by atoms with E-state index in [1.54, 1.807) is 6.07 Å². The first-order valence-corrected chi connectivity index (χ1v) is 7.56. The molecule has 0 bridgehead atoms. The van der Waals surface area contributed by atoms with Gasteiger partial charge in [-0.1, -0.05) is 26.0 Å². The van der Waals surface area contributed by atoms with Crippen molar-refractivity contribution in [3.05, 3.63) is 30.1 Å². The minimum atomic E-state index is -0.133. The van der Waals surface area contributed by atoms with E-state index < -0.39 is 0 Å². The molecular weight excluding hydrogens is 251 g/mol. The Bertz CT molecular complexity index is 444.